The number of aromatic nitrogens is 1. The fourth-order valence-corrected chi connectivity index (χ4v) is 3.53. The van der Waals surface area contributed by atoms with Crippen LogP contribution in [0, 0.1) is 0 Å². The summed E-state index contributed by atoms with van der Waals surface area (Å²) < 4.78 is 26.7. The van der Waals surface area contributed by atoms with E-state index in [9.17, 15) is 8.42 Å². The van der Waals surface area contributed by atoms with Gasteiger partial charge in [-0.05, 0) is 31.2 Å². The molecular weight excluding hydrogens is 306 g/mol. The second kappa shape index (κ2) is 6.19. The van der Waals surface area contributed by atoms with E-state index in [0.717, 1.165) is 0 Å². The summed E-state index contributed by atoms with van der Waals surface area (Å²) in [6.07, 6.45) is 3.12. The first kappa shape index (κ1) is 15.4. The van der Waals surface area contributed by atoms with Gasteiger partial charge in [-0.15, -0.1) is 0 Å². The number of hydrogen-bond acceptors (Lipinski definition) is 4. The molecule has 0 spiro atoms. The predicted molar refractivity (Wildman–Crippen MR) is 86.8 cm³/mol. The van der Waals surface area contributed by atoms with Gasteiger partial charge < -0.3 is 5.73 Å². The van der Waals surface area contributed by atoms with Gasteiger partial charge in [-0.2, -0.15) is 0 Å². The number of pyridine rings is 1. The van der Waals surface area contributed by atoms with Crippen LogP contribution in [0.1, 0.15) is 12.5 Å². The average Bonchev–Trinajstić information content (AvgIpc) is 2.49. The molecule has 21 heavy (non-hydrogen) atoms. The van der Waals surface area contributed by atoms with Crippen molar-refractivity contribution in [3.05, 3.63) is 54.4 Å². The zero-order valence-electron chi connectivity index (χ0n) is 11.4. The fraction of sp³-hybridized carbons (Fsp3) is 0.143. The van der Waals surface area contributed by atoms with Crippen molar-refractivity contribution in [2.75, 3.05) is 10.8 Å². The van der Waals surface area contributed by atoms with E-state index in [1.807, 2.05) is 0 Å². The summed E-state index contributed by atoms with van der Waals surface area (Å²) in [5.74, 6) is 0. The van der Waals surface area contributed by atoms with Crippen LogP contribution in [-0.4, -0.2) is 24.9 Å². The number of nitrogens with zero attached hydrogens (tertiary/aromatic N) is 2. The quantitative estimate of drug-likeness (QED) is 0.852. The lowest BCUT2D eigenvalue weighted by Crippen LogP contribution is -2.30. The van der Waals surface area contributed by atoms with E-state index < -0.39 is 10.0 Å². The molecular formula is C14H15N3O2S2. The molecule has 5 nitrogen and oxygen atoms in total. The molecule has 0 bridgehead atoms. The maximum absolute atomic E-state index is 12.7. The molecule has 2 aromatic rings. The Kier molecular flexibility index (Phi) is 4.54. The molecule has 110 valence electrons. The summed E-state index contributed by atoms with van der Waals surface area (Å²) in [6.45, 7) is 2.10. The van der Waals surface area contributed by atoms with E-state index in [-0.39, 0.29) is 9.88 Å². The first-order valence-electron chi connectivity index (χ1n) is 6.29. The zero-order valence-corrected chi connectivity index (χ0v) is 13.1. The van der Waals surface area contributed by atoms with E-state index in [1.165, 1.54) is 16.4 Å². The van der Waals surface area contributed by atoms with E-state index in [4.69, 9.17) is 18.0 Å². The standard InChI is InChI=1S/C14H15N3O2S2/c1-2-17(12-7-9-16-10-8-12)21(18,19)13-5-3-11(4-6-13)14(15)20/h3-10H,2H2,1H3,(H2,15,20). The Morgan fingerprint density at radius 2 is 1.76 bits per heavy atom. The van der Waals surface area contributed by atoms with Crippen molar-refractivity contribution in [1.29, 1.82) is 0 Å². The van der Waals surface area contributed by atoms with Crippen LogP contribution in [0.15, 0.2) is 53.7 Å². The zero-order chi connectivity index (χ0) is 15.5. The van der Waals surface area contributed by atoms with Gasteiger partial charge in [0.1, 0.15) is 4.99 Å². The largest absolute Gasteiger partial charge is 0.389 e. The normalized spacial score (nSPS) is 11.1. The van der Waals surface area contributed by atoms with Gasteiger partial charge in [0.15, 0.2) is 0 Å². The highest BCUT2D eigenvalue weighted by atomic mass is 32.2. The molecule has 0 aliphatic heterocycles. The van der Waals surface area contributed by atoms with Gasteiger partial charge in [-0.25, -0.2) is 8.42 Å². The van der Waals surface area contributed by atoms with Crippen molar-refractivity contribution in [3.63, 3.8) is 0 Å². The molecule has 0 unspecified atom stereocenters. The molecule has 1 heterocycles. The number of sulfonamides is 1. The second-order valence-electron chi connectivity index (χ2n) is 4.26. The third-order valence-electron chi connectivity index (χ3n) is 2.96. The predicted octanol–water partition coefficient (Wildman–Crippen LogP) is 1.93. The van der Waals surface area contributed by atoms with Gasteiger partial charge in [0.05, 0.1) is 10.6 Å². The number of benzene rings is 1. The molecule has 0 saturated heterocycles. The van der Waals surface area contributed by atoms with Gasteiger partial charge >= 0.3 is 0 Å². The minimum atomic E-state index is -3.63. The third kappa shape index (κ3) is 3.20. The lowest BCUT2D eigenvalue weighted by Gasteiger charge is -2.22. The van der Waals surface area contributed by atoms with Gasteiger partial charge in [-0.1, -0.05) is 24.4 Å². The fourth-order valence-electron chi connectivity index (χ4n) is 1.92. The lowest BCUT2D eigenvalue weighted by atomic mass is 10.2. The summed E-state index contributed by atoms with van der Waals surface area (Å²) in [5.41, 5.74) is 6.72. The van der Waals surface area contributed by atoms with Crippen molar-refractivity contribution >= 4 is 32.9 Å². The summed E-state index contributed by atoms with van der Waals surface area (Å²) in [6, 6.07) is 9.54. The monoisotopic (exact) mass is 321 g/mol. The highest BCUT2D eigenvalue weighted by Gasteiger charge is 2.23. The van der Waals surface area contributed by atoms with Crippen LogP contribution >= 0.6 is 12.2 Å². The molecule has 7 heteroatoms. The number of rotatable bonds is 5. The van der Waals surface area contributed by atoms with Crippen molar-refractivity contribution in [2.45, 2.75) is 11.8 Å². The van der Waals surface area contributed by atoms with Crippen molar-refractivity contribution < 1.29 is 8.42 Å². The Hall–Kier alpha value is -1.99. The van der Waals surface area contributed by atoms with Crippen LogP contribution in [0.25, 0.3) is 0 Å². The Bertz CT molecular complexity index is 729. The van der Waals surface area contributed by atoms with Crippen molar-refractivity contribution in [1.82, 2.24) is 4.98 Å². The topological polar surface area (TPSA) is 76.3 Å². The summed E-state index contributed by atoms with van der Waals surface area (Å²) in [5, 5.41) is 0. The van der Waals surface area contributed by atoms with Crippen molar-refractivity contribution in [3.8, 4) is 0 Å². The molecule has 0 aliphatic rings. The number of hydrogen-bond donors (Lipinski definition) is 1. The van der Waals surface area contributed by atoms with Gasteiger partial charge in [0.2, 0.25) is 0 Å². The smallest absolute Gasteiger partial charge is 0.264 e. The third-order valence-corrected chi connectivity index (χ3v) is 5.12. The Morgan fingerprint density at radius 3 is 2.24 bits per heavy atom. The van der Waals surface area contributed by atoms with E-state index >= 15 is 0 Å². The minimum absolute atomic E-state index is 0.196. The van der Waals surface area contributed by atoms with Gasteiger partial charge in [-0.3, -0.25) is 9.29 Å². The van der Waals surface area contributed by atoms with Crippen LogP contribution in [0.4, 0.5) is 5.69 Å². The number of anilines is 1. The molecule has 0 aliphatic carbocycles. The van der Waals surface area contributed by atoms with E-state index in [2.05, 4.69) is 4.98 Å². The first-order chi connectivity index (χ1) is 9.96. The minimum Gasteiger partial charge on any atom is -0.389 e. The van der Waals surface area contributed by atoms with Crippen LogP contribution < -0.4 is 10.0 Å². The Labute approximate surface area is 129 Å². The molecule has 2 N–H and O–H groups in total. The summed E-state index contributed by atoms with van der Waals surface area (Å²) >= 11 is 4.86. The molecule has 2 rings (SSSR count). The molecule has 1 aromatic carbocycles. The molecule has 0 fully saturated rings. The van der Waals surface area contributed by atoms with Gasteiger partial charge in [0, 0.05) is 24.5 Å². The molecule has 0 atom stereocenters. The number of nitrogens with two attached hydrogens (primary N) is 1. The average molecular weight is 321 g/mol. The Balaban J connectivity index is 2.42. The molecule has 0 saturated carbocycles. The highest BCUT2D eigenvalue weighted by Crippen LogP contribution is 2.22. The van der Waals surface area contributed by atoms with Gasteiger partial charge in [0.25, 0.3) is 10.0 Å². The molecule has 1 aromatic heterocycles. The maximum Gasteiger partial charge on any atom is 0.264 e. The van der Waals surface area contributed by atoms with Crippen LogP contribution in [0.5, 0.6) is 0 Å². The maximum atomic E-state index is 12.7. The van der Waals surface area contributed by atoms with Crippen LogP contribution in [-0.2, 0) is 10.0 Å². The molecule has 0 amide bonds. The summed E-state index contributed by atoms with van der Waals surface area (Å²) in [4.78, 5) is 4.33. The molecule has 0 radical (unpaired) electrons. The first-order valence-corrected chi connectivity index (χ1v) is 8.14. The highest BCUT2D eigenvalue weighted by molar-refractivity contribution is 7.92. The summed E-state index contributed by atoms with van der Waals surface area (Å²) in [7, 11) is -3.63. The van der Waals surface area contributed by atoms with Crippen molar-refractivity contribution in [2.24, 2.45) is 5.73 Å². The van der Waals surface area contributed by atoms with E-state index in [1.54, 1.807) is 43.6 Å². The van der Waals surface area contributed by atoms with Crippen LogP contribution in [0.2, 0.25) is 0 Å². The Morgan fingerprint density at radius 1 is 1.19 bits per heavy atom. The van der Waals surface area contributed by atoms with E-state index in [0.29, 0.717) is 17.8 Å². The number of thiocarbonyl (C=S) groups is 1. The SMILES string of the molecule is CCN(c1ccncc1)S(=O)(=O)c1ccc(C(N)=S)cc1. The van der Waals surface area contributed by atoms with Crippen LogP contribution in [0.3, 0.4) is 0 Å². The second-order valence-corrected chi connectivity index (χ2v) is 6.57. The lowest BCUT2D eigenvalue weighted by molar-refractivity contribution is 0.592.